The van der Waals surface area contributed by atoms with Gasteiger partial charge in [-0.05, 0) is 45.0 Å². The van der Waals surface area contributed by atoms with Crippen LogP contribution in [0.4, 0.5) is 0 Å². The van der Waals surface area contributed by atoms with Gasteiger partial charge in [0.25, 0.3) is 0 Å². The Morgan fingerprint density at radius 2 is 2.13 bits per heavy atom. The normalized spacial score (nSPS) is 19.3. The molecule has 1 fully saturated rings. The molecule has 1 saturated heterocycles. The number of hydrogen-bond acceptors (Lipinski definition) is 3. The number of hydrogen-bond donors (Lipinski definition) is 0. The predicted octanol–water partition coefficient (Wildman–Crippen LogP) is 3.07. The van der Waals surface area contributed by atoms with Crippen molar-refractivity contribution in [2.75, 3.05) is 13.1 Å². The Morgan fingerprint density at radius 3 is 2.67 bits per heavy atom. The van der Waals surface area contributed by atoms with Crippen molar-refractivity contribution in [2.45, 2.75) is 25.8 Å². The molecule has 1 aliphatic rings. The van der Waals surface area contributed by atoms with Crippen molar-refractivity contribution in [3.8, 4) is 0 Å². The molecule has 0 aliphatic carbocycles. The van der Waals surface area contributed by atoms with Crippen LogP contribution in [-0.2, 0) is 0 Å². The Kier molecular flexibility index (Phi) is 3.44. The summed E-state index contributed by atoms with van der Waals surface area (Å²) in [5.74, 6) is 0.203. The smallest absolute Gasteiger partial charge is 0.189 e. The highest BCUT2D eigenvalue weighted by Crippen LogP contribution is 2.24. The summed E-state index contributed by atoms with van der Waals surface area (Å²) in [4.78, 5) is 15.1. The summed E-state index contributed by atoms with van der Waals surface area (Å²) in [6, 6.07) is 3.61. The molecule has 0 bridgehead atoms. The molecule has 0 spiro atoms. The molecular formula is C11H14ClNOS. The van der Waals surface area contributed by atoms with E-state index in [0.717, 1.165) is 18.0 Å². The lowest BCUT2D eigenvalue weighted by Gasteiger charge is -2.21. The van der Waals surface area contributed by atoms with Crippen molar-refractivity contribution in [2.24, 2.45) is 0 Å². The van der Waals surface area contributed by atoms with Gasteiger partial charge < -0.3 is 0 Å². The summed E-state index contributed by atoms with van der Waals surface area (Å²) in [5.41, 5.74) is 0. The van der Waals surface area contributed by atoms with Gasteiger partial charge in [0.15, 0.2) is 5.78 Å². The molecule has 2 nitrogen and oxygen atoms in total. The summed E-state index contributed by atoms with van der Waals surface area (Å²) in [5, 5.41) is 0. The molecular weight excluding hydrogens is 230 g/mol. The average molecular weight is 244 g/mol. The summed E-state index contributed by atoms with van der Waals surface area (Å²) < 4.78 is 0.687. The van der Waals surface area contributed by atoms with E-state index in [-0.39, 0.29) is 11.8 Å². The van der Waals surface area contributed by atoms with Crippen LogP contribution in [0, 0.1) is 0 Å². The summed E-state index contributed by atoms with van der Waals surface area (Å²) >= 11 is 7.19. The van der Waals surface area contributed by atoms with Crippen LogP contribution in [-0.4, -0.2) is 29.8 Å². The second kappa shape index (κ2) is 4.64. The highest BCUT2D eigenvalue weighted by molar-refractivity contribution is 7.18. The number of thiophene rings is 1. The number of Topliss-reactive ketones (excluding diaryl/α,β-unsaturated/α-hetero) is 1. The topological polar surface area (TPSA) is 20.3 Å². The van der Waals surface area contributed by atoms with Gasteiger partial charge in [-0.15, -0.1) is 11.3 Å². The molecule has 1 aliphatic heterocycles. The Labute approximate surface area is 98.8 Å². The van der Waals surface area contributed by atoms with E-state index >= 15 is 0 Å². The van der Waals surface area contributed by atoms with Crippen LogP contribution in [0.15, 0.2) is 12.1 Å². The predicted molar refractivity (Wildman–Crippen MR) is 63.9 cm³/mol. The molecule has 2 heterocycles. The van der Waals surface area contributed by atoms with Crippen LogP contribution in [0.2, 0.25) is 4.34 Å². The molecule has 1 atom stereocenters. The zero-order valence-electron chi connectivity index (χ0n) is 8.70. The summed E-state index contributed by atoms with van der Waals surface area (Å²) in [7, 11) is 0. The molecule has 0 saturated carbocycles. The Bertz CT molecular complexity index is 357. The lowest BCUT2D eigenvalue weighted by molar-refractivity contribution is 0.0871. The molecule has 15 heavy (non-hydrogen) atoms. The number of carbonyl (C=O) groups excluding carboxylic acids is 1. The van der Waals surface area contributed by atoms with Crippen LogP contribution in [0.1, 0.15) is 29.4 Å². The first kappa shape index (κ1) is 11.1. The molecule has 1 aromatic heterocycles. The van der Waals surface area contributed by atoms with Gasteiger partial charge >= 0.3 is 0 Å². The van der Waals surface area contributed by atoms with E-state index in [2.05, 4.69) is 4.90 Å². The second-order valence-electron chi connectivity index (χ2n) is 3.89. The highest BCUT2D eigenvalue weighted by atomic mass is 35.5. The van der Waals surface area contributed by atoms with Crippen molar-refractivity contribution in [1.82, 2.24) is 4.90 Å². The van der Waals surface area contributed by atoms with Crippen molar-refractivity contribution < 1.29 is 4.79 Å². The van der Waals surface area contributed by atoms with Gasteiger partial charge in [-0.1, -0.05) is 11.6 Å². The summed E-state index contributed by atoms with van der Waals surface area (Å²) in [6.07, 6.45) is 2.42. The van der Waals surface area contributed by atoms with E-state index in [9.17, 15) is 4.79 Å². The van der Waals surface area contributed by atoms with Gasteiger partial charge in [-0.25, -0.2) is 0 Å². The number of halogens is 1. The first-order valence-corrected chi connectivity index (χ1v) is 6.41. The number of likely N-dealkylation sites (tertiary alicyclic amines) is 1. The first-order valence-electron chi connectivity index (χ1n) is 5.22. The van der Waals surface area contributed by atoms with Crippen molar-refractivity contribution >= 4 is 28.7 Å². The van der Waals surface area contributed by atoms with E-state index in [4.69, 9.17) is 11.6 Å². The van der Waals surface area contributed by atoms with E-state index in [1.165, 1.54) is 24.2 Å². The molecule has 0 amide bonds. The SMILES string of the molecule is CC(C(=O)c1ccc(Cl)s1)N1CCCC1. The quantitative estimate of drug-likeness (QED) is 0.761. The minimum Gasteiger partial charge on any atom is -0.293 e. The number of ketones is 1. The minimum absolute atomic E-state index is 0.00205. The van der Waals surface area contributed by atoms with E-state index < -0.39 is 0 Å². The number of nitrogens with zero attached hydrogens (tertiary/aromatic N) is 1. The highest BCUT2D eigenvalue weighted by Gasteiger charge is 2.25. The maximum absolute atomic E-state index is 12.1. The van der Waals surface area contributed by atoms with Gasteiger partial charge in [0.05, 0.1) is 15.3 Å². The lowest BCUT2D eigenvalue weighted by Crippen LogP contribution is -2.36. The maximum atomic E-state index is 12.1. The number of carbonyl (C=O) groups is 1. The average Bonchev–Trinajstić information content (AvgIpc) is 2.85. The fourth-order valence-electron chi connectivity index (χ4n) is 1.95. The standard InChI is InChI=1S/C11H14ClNOS/c1-8(13-6-2-3-7-13)11(14)9-4-5-10(12)15-9/h4-5,8H,2-3,6-7H2,1H3. The minimum atomic E-state index is 0.00205. The van der Waals surface area contributed by atoms with Crippen molar-refractivity contribution in [3.05, 3.63) is 21.3 Å². The molecule has 0 N–H and O–H groups in total. The van der Waals surface area contributed by atoms with Crippen molar-refractivity contribution in [1.29, 1.82) is 0 Å². The van der Waals surface area contributed by atoms with Gasteiger partial charge in [-0.2, -0.15) is 0 Å². The summed E-state index contributed by atoms with van der Waals surface area (Å²) in [6.45, 7) is 4.08. The van der Waals surface area contributed by atoms with E-state index in [0.29, 0.717) is 4.34 Å². The van der Waals surface area contributed by atoms with Gasteiger partial charge in [0, 0.05) is 0 Å². The van der Waals surface area contributed by atoms with Gasteiger partial charge in [-0.3, -0.25) is 9.69 Å². The first-order chi connectivity index (χ1) is 7.18. The van der Waals surface area contributed by atoms with Crippen LogP contribution in [0.25, 0.3) is 0 Å². The van der Waals surface area contributed by atoms with E-state index in [1.54, 1.807) is 6.07 Å². The van der Waals surface area contributed by atoms with Crippen LogP contribution < -0.4 is 0 Å². The molecule has 1 aromatic rings. The molecule has 2 rings (SSSR count). The monoisotopic (exact) mass is 243 g/mol. The maximum Gasteiger partial charge on any atom is 0.189 e. The van der Waals surface area contributed by atoms with Crippen LogP contribution in [0.5, 0.6) is 0 Å². The van der Waals surface area contributed by atoms with Crippen LogP contribution >= 0.6 is 22.9 Å². The van der Waals surface area contributed by atoms with Crippen molar-refractivity contribution in [3.63, 3.8) is 0 Å². The molecule has 0 aromatic carbocycles. The van der Waals surface area contributed by atoms with Crippen LogP contribution in [0.3, 0.4) is 0 Å². The third kappa shape index (κ3) is 2.41. The second-order valence-corrected chi connectivity index (χ2v) is 5.60. The molecule has 0 radical (unpaired) electrons. The largest absolute Gasteiger partial charge is 0.293 e. The fraction of sp³-hybridized carbons (Fsp3) is 0.545. The van der Waals surface area contributed by atoms with Gasteiger partial charge in [0.2, 0.25) is 0 Å². The zero-order chi connectivity index (χ0) is 10.8. The molecule has 1 unspecified atom stereocenters. The fourth-order valence-corrected chi connectivity index (χ4v) is 3.01. The Balaban J connectivity index is 2.06. The Morgan fingerprint density at radius 1 is 1.47 bits per heavy atom. The lowest BCUT2D eigenvalue weighted by atomic mass is 10.1. The Hall–Kier alpha value is -0.380. The van der Waals surface area contributed by atoms with Gasteiger partial charge in [0.1, 0.15) is 0 Å². The third-order valence-corrected chi connectivity index (χ3v) is 4.13. The third-order valence-electron chi connectivity index (χ3n) is 2.88. The number of rotatable bonds is 3. The zero-order valence-corrected chi connectivity index (χ0v) is 10.3. The van der Waals surface area contributed by atoms with E-state index in [1.807, 2.05) is 13.0 Å². The molecule has 4 heteroatoms. The molecule has 82 valence electrons.